The zero-order chi connectivity index (χ0) is 14.5. The Hall–Kier alpha value is -2.01. The van der Waals surface area contributed by atoms with Crippen LogP contribution in [-0.4, -0.2) is 19.2 Å². The summed E-state index contributed by atoms with van der Waals surface area (Å²) < 4.78 is 29.0. The number of alkyl halides is 1. The summed E-state index contributed by atoms with van der Waals surface area (Å²) in [4.78, 5) is 3.89. The Labute approximate surface area is 121 Å². The van der Waals surface area contributed by atoms with Gasteiger partial charge < -0.3 is 14.2 Å². The monoisotopic (exact) mass is 297 g/mol. The van der Waals surface area contributed by atoms with Gasteiger partial charge in [-0.15, -0.1) is 11.6 Å². The molecule has 20 heavy (non-hydrogen) atoms. The van der Waals surface area contributed by atoms with E-state index in [0.29, 0.717) is 22.8 Å². The minimum Gasteiger partial charge on any atom is -0.496 e. The molecule has 6 heteroatoms. The van der Waals surface area contributed by atoms with Crippen LogP contribution in [0.3, 0.4) is 0 Å². The fraction of sp³-hybridized carbons (Fsp3) is 0.214. The molecule has 2 aromatic rings. The van der Waals surface area contributed by atoms with E-state index < -0.39 is 5.82 Å². The van der Waals surface area contributed by atoms with Crippen molar-refractivity contribution >= 4 is 11.6 Å². The Balaban J connectivity index is 2.34. The van der Waals surface area contributed by atoms with Gasteiger partial charge in [-0.05, 0) is 6.07 Å². The summed E-state index contributed by atoms with van der Waals surface area (Å²) in [7, 11) is 3.08. The summed E-state index contributed by atoms with van der Waals surface area (Å²) in [6.45, 7) is 0. The van der Waals surface area contributed by atoms with Gasteiger partial charge in [-0.2, -0.15) is 0 Å². The number of halogens is 2. The predicted molar refractivity (Wildman–Crippen MR) is 73.4 cm³/mol. The summed E-state index contributed by atoms with van der Waals surface area (Å²) in [5.74, 6) is 1.50. The highest BCUT2D eigenvalue weighted by Crippen LogP contribution is 2.31. The molecule has 2 rings (SSSR count). The minimum atomic E-state index is -0.462. The first kappa shape index (κ1) is 14.4. The number of aromatic nitrogens is 1. The first-order chi connectivity index (χ1) is 9.66. The van der Waals surface area contributed by atoms with Crippen molar-refractivity contribution in [3.8, 4) is 23.1 Å². The maximum Gasteiger partial charge on any atom is 0.223 e. The van der Waals surface area contributed by atoms with Crippen LogP contribution in [0.4, 0.5) is 4.39 Å². The first-order valence-corrected chi connectivity index (χ1v) is 6.31. The van der Waals surface area contributed by atoms with Gasteiger partial charge in [0.05, 0.1) is 26.3 Å². The standard InChI is InChI=1S/C14H13ClFNO3/c1-18-11-4-12(19-2)6-13(5-11)20-14-9(7-15)3-10(16)8-17-14/h3-6,8H,7H2,1-2H3. The molecule has 0 N–H and O–H groups in total. The predicted octanol–water partition coefficient (Wildman–Crippen LogP) is 3.77. The smallest absolute Gasteiger partial charge is 0.223 e. The van der Waals surface area contributed by atoms with Crippen LogP contribution in [0.1, 0.15) is 5.56 Å². The third-order valence-corrected chi connectivity index (χ3v) is 2.86. The first-order valence-electron chi connectivity index (χ1n) is 5.77. The number of methoxy groups -OCH3 is 2. The third kappa shape index (κ3) is 3.30. The van der Waals surface area contributed by atoms with Gasteiger partial charge in [0, 0.05) is 23.8 Å². The molecule has 0 fully saturated rings. The highest BCUT2D eigenvalue weighted by atomic mass is 35.5. The van der Waals surface area contributed by atoms with Crippen LogP contribution in [-0.2, 0) is 5.88 Å². The van der Waals surface area contributed by atoms with Crippen LogP contribution in [0.15, 0.2) is 30.5 Å². The van der Waals surface area contributed by atoms with Crippen molar-refractivity contribution in [3.05, 3.63) is 41.8 Å². The van der Waals surface area contributed by atoms with Crippen molar-refractivity contribution in [2.24, 2.45) is 0 Å². The summed E-state index contributed by atoms with van der Waals surface area (Å²) in [6.07, 6.45) is 1.07. The Kier molecular flexibility index (Phi) is 4.63. The normalized spacial score (nSPS) is 10.2. The van der Waals surface area contributed by atoms with Gasteiger partial charge in [-0.25, -0.2) is 9.37 Å². The lowest BCUT2D eigenvalue weighted by Gasteiger charge is -2.11. The van der Waals surface area contributed by atoms with Crippen molar-refractivity contribution < 1.29 is 18.6 Å². The molecule has 0 amide bonds. The summed E-state index contributed by atoms with van der Waals surface area (Å²) in [5, 5.41) is 0. The van der Waals surface area contributed by atoms with E-state index in [1.807, 2.05) is 0 Å². The fourth-order valence-corrected chi connectivity index (χ4v) is 1.80. The molecule has 0 saturated heterocycles. The van der Waals surface area contributed by atoms with Gasteiger partial charge >= 0.3 is 0 Å². The summed E-state index contributed by atoms with van der Waals surface area (Å²) >= 11 is 5.75. The minimum absolute atomic E-state index is 0.0984. The molecule has 0 spiro atoms. The molecular formula is C14H13ClFNO3. The van der Waals surface area contributed by atoms with E-state index in [1.165, 1.54) is 6.07 Å². The van der Waals surface area contributed by atoms with Crippen LogP contribution in [0.2, 0.25) is 0 Å². The summed E-state index contributed by atoms with van der Waals surface area (Å²) in [5.41, 5.74) is 0.466. The molecule has 0 radical (unpaired) electrons. The van der Waals surface area contributed by atoms with Crippen LogP contribution in [0.25, 0.3) is 0 Å². The van der Waals surface area contributed by atoms with Crippen LogP contribution < -0.4 is 14.2 Å². The number of ether oxygens (including phenoxy) is 3. The van der Waals surface area contributed by atoms with Crippen molar-refractivity contribution in [1.29, 1.82) is 0 Å². The van der Waals surface area contributed by atoms with E-state index in [9.17, 15) is 4.39 Å². The molecule has 0 aliphatic rings. The molecule has 0 unspecified atom stereocenters. The molecule has 0 bridgehead atoms. The van der Waals surface area contributed by atoms with Crippen LogP contribution in [0, 0.1) is 5.82 Å². The number of nitrogens with zero attached hydrogens (tertiary/aromatic N) is 1. The van der Waals surface area contributed by atoms with Crippen molar-refractivity contribution in [1.82, 2.24) is 4.98 Å². The maximum absolute atomic E-state index is 13.1. The topological polar surface area (TPSA) is 40.6 Å². The van der Waals surface area contributed by atoms with Crippen LogP contribution >= 0.6 is 11.6 Å². The SMILES string of the molecule is COc1cc(OC)cc(Oc2ncc(F)cc2CCl)c1. The van der Waals surface area contributed by atoms with E-state index in [-0.39, 0.29) is 11.8 Å². The highest BCUT2D eigenvalue weighted by Gasteiger charge is 2.10. The lowest BCUT2D eigenvalue weighted by Crippen LogP contribution is -1.96. The second-order valence-electron chi connectivity index (χ2n) is 3.90. The quantitative estimate of drug-likeness (QED) is 0.788. The second kappa shape index (κ2) is 6.43. The van der Waals surface area contributed by atoms with Gasteiger partial charge in [0.25, 0.3) is 0 Å². The number of hydrogen-bond donors (Lipinski definition) is 0. The molecule has 1 aromatic carbocycles. The summed E-state index contributed by atoms with van der Waals surface area (Å²) in [6, 6.07) is 6.34. The molecular weight excluding hydrogens is 285 g/mol. The van der Waals surface area contributed by atoms with Crippen LogP contribution in [0.5, 0.6) is 23.1 Å². The lowest BCUT2D eigenvalue weighted by atomic mass is 10.3. The van der Waals surface area contributed by atoms with Gasteiger partial charge in [-0.1, -0.05) is 0 Å². The van der Waals surface area contributed by atoms with E-state index in [4.69, 9.17) is 25.8 Å². The van der Waals surface area contributed by atoms with Gasteiger partial charge in [-0.3, -0.25) is 0 Å². The van der Waals surface area contributed by atoms with E-state index in [0.717, 1.165) is 6.20 Å². The number of hydrogen-bond acceptors (Lipinski definition) is 4. The Morgan fingerprint density at radius 1 is 1.05 bits per heavy atom. The third-order valence-electron chi connectivity index (χ3n) is 2.58. The lowest BCUT2D eigenvalue weighted by molar-refractivity contribution is 0.384. The molecule has 1 heterocycles. The van der Waals surface area contributed by atoms with Crippen molar-refractivity contribution in [2.75, 3.05) is 14.2 Å². The second-order valence-corrected chi connectivity index (χ2v) is 4.17. The molecule has 4 nitrogen and oxygen atoms in total. The fourth-order valence-electron chi connectivity index (χ4n) is 1.61. The average Bonchev–Trinajstić information content (AvgIpc) is 2.48. The number of rotatable bonds is 5. The molecule has 0 aliphatic carbocycles. The Bertz CT molecular complexity index is 585. The van der Waals surface area contributed by atoms with E-state index in [1.54, 1.807) is 32.4 Å². The molecule has 0 aliphatic heterocycles. The maximum atomic E-state index is 13.1. The molecule has 1 aromatic heterocycles. The van der Waals surface area contributed by atoms with Crippen molar-refractivity contribution in [3.63, 3.8) is 0 Å². The van der Waals surface area contributed by atoms with Gasteiger partial charge in [0.2, 0.25) is 5.88 Å². The van der Waals surface area contributed by atoms with Crippen molar-refractivity contribution in [2.45, 2.75) is 5.88 Å². The zero-order valence-corrected chi connectivity index (χ0v) is 11.8. The number of benzene rings is 1. The average molecular weight is 298 g/mol. The Morgan fingerprint density at radius 3 is 2.20 bits per heavy atom. The largest absolute Gasteiger partial charge is 0.496 e. The Morgan fingerprint density at radius 2 is 1.65 bits per heavy atom. The van der Waals surface area contributed by atoms with E-state index >= 15 is 0 Å². The number of pyridine rings is 1. The van der Waals surface area contributed by atoms with E-state index in [2.05, 4.69) is 4.98 Å². The molecule has 0 atom stereocenters. The van der Waals surface area contributed by atoms with Gasteiger partial charge in [0.15, 0.2) is 0 Å². The van der Waals surface area contributed by atoms with Gasteiger partial charge in [0.1, 0.15) is 23.1 Å². The molecule has 0 saturated carbocycles. The zero-order valence-electron chi connectivity index (χ0n) is 11.0. The highest BCUT2D eigenvalue weighted by molar-refractivity contribution is 6.17. The molecule has 106 valence electrons.